The Balaban J connectivity index is 2.19. The molecule has 0 radical (unpaired) electrons. The zero-order valence-electron chi connectivity index (χ0n) is 13.5. The van der Waals surface area contributed by atoms with Crippen LogP contribution in [-0.2, 0) is 9.59 Å². The Morgan fingerprint density at radius 1 is 0.905 bits per heavy atom. The number of piperazine rings is 1. The first-order valence-corrected chi connectivity index (χ1v) is 7.95. The van der Waals surface area contributed by atoms with Crippen LogP contribution in [0.2, 0.25) is 0 Å². The second-order valence-electron chi connectivity index (χ2n) is 5.95. The third-order valence-electron chi connectivity index (χ3n) is 3.78. The van der Waals surface area contributed by atoms with Crippen molar-refractivity contribution in [3.05, 3.63) is 0 Å². The summed E-state index contributed by atoms with van der Waals surface area (Å²) in [6.45, 7) is 3.82. The minimum absolute atomic E-state index is 0.147. The lowest BCUT2D eigenvalue weighted by molar-refractivity contribution is -0.140. The molecule has 1 aliphatic rings. The minimum Gasteiger partial charge on any atom is -0.339 e. The van der Waals surface area contributed by atoms with E-state index >= 15 is 0 Å². The van der Waals surface area contributed by atoms with Crippen LogP contribution in [0.4, 0.5) is 0 Å². The van der Waals surface area contributed by atoms with Gasteiger partial charge < -0.3 is 20.4 Å². The van der Waals surface area contributed by atoms with Crippen molar-refractivity contribution in [2.45, 2.75) is 32.1 Å². The van der Waals surface area contributed by atoms with E-state index in [1.807, 2.05) is 28.8 Å². The lowest BCUT2D eigenvalue weighted by atomic mass is 10.1. The van der Waals surface area contributed by atoms with Crippen LogP contribution < -0.4 is 5.73 Å². The van der Waals surface area contributed by atoms with Gasteiger partial charge in [0.2, 0.25) is 11.8 Å². The number of rotatable bonds is 8. The highest BCUT2D eigenvalue weighted by molar-refractivity contribution is 5.79. The number of carbonyl (C=O) groups is 2. The van der Waals surface area contributed by atoms with Crippen molar-refractivity contribution in [3.63, 3.8) is 0 Å². The first-order valence-electron chi connectivity index (χ1n) is 7.95. The molecule has 0 saturated carbocycles. The van der Waals surface area contributed by atoms with E-state index in [2.05, 4.69) is 0 Å². The number of carbonyl (C=O) groups excluding carboxylic acids is 2. The molecule has 0 aromatic heterocycles. The van der Waals surface area contributed by atoms with E-state index in [1.54, 1.807) is 0 Å². The summed E-state index contributed by atoms with van der Waals surface area (Å²) in [5.41, 5.74) is 5.44. The average molecular weight is 298 g/mol. The highest BCUT2D eigenvalue weighted by Crippen LogP contribution is 2.08. The Kier molecular flexibility index (Phi) is 8.30. The third-order valence-corrected chi connectivity index (χ3v) is 3.78. The van der Waals surface area contributed by atoms with Gasteiger partial charge in [0.05, 0.1) is 6.54 Å². The van der Waals surface area contributed by atoms with Gasteiger partial charge in [0.15, 0.2) is 0 Å². The predicted octanol–water partition coefficient (Wildman–Crippen LogP) is 0.128. The van der Waals surface area contributed by atoms with Gasteiger partial charge in [0.1, 0.15) is 0 Å². The summed E-state index contributed by atoms with van der Waals surface area (Å²) in [5.74, 6) is 0.372. The molecule has 0 aromatic rings. The predicted molar refractivity (Wildman–Crippen MR) is 83.9 cm³/mol. The number of nitrogens with two attached hydrogens (primary N) is 1. The molecule has 1 aliphatic heterocycles. The van der Waals surface area contributed by atoms with Crippen LogP contribution in [0, 0.1) is 0 Å². The number of unbranched alkanes of at least 4 members (excludes halogenated alkanes) is 3. The fourth-order valence-electron chi connectivity index (χ4n) is 2.51. The van der Waals surface area contributed by atoms with E-state index in [-0.39, 0.29) is 11.8 Å². The highest BCUT2D eigenvalue weighted by atomic mass is 16.2. The lowest BCUT2D eigenvalue weighted by Crippen LogP contribution is -2.52. The monoisotopic (exact) mass is 298 g/mol. The summed E-state index contributed by atoms with van der Waals surface area (Å²) in [6, 6.07) is 0. The molecule has 1 heterocycles. The maximum Gasteiger partial charge on any atom is 0.236 e. The van der Waals surface area contributed by atoms with Crippen LogP contribution in [0.25, 0.3) is 0 Å². The van der Waals surface area contributed by atoms with Gasteiger partial charge in [-0.3, -0.25) is 9.59 Å². The van der Waals surface area contributed by atoms with Crippen molar-refractivity contribution in [3.8, 4) is 0 Å². The van der Waals surface area contributed by atoms with Crippen LogP contribution in [0.1, 0.15) is 32.1 Å². The molecular weight excluding hydrogens is 268 g/mol. The fraction of sp³-hybridized carbons (Fsp3) is 0.867. The highest BCUT2D eigenvalue weighted by Gasteiger charge is 2.23. The van der Waals surface area contributed by atoms with Crippen molar-refractivity contribution in [2.75, 3.05) is 53.4 Å². The quantitative estimate of drug-likeness (QED) is 0.647. The molecule has 0 spiro atoms. The maximum absolute atomic E-state index is 12.1. The fourth-order valence-corrected chi connectivity index (χ4v) is 2.51. The van der Waals surface area contributed by atoms with Crippen molar-refractivity contribution in [1.29, 1.82) is 0 Å². The Bertz CT molecular complexity index is 326. The second kappa shape index (κ2) is 9.73. The van der Waals surface area contributed by atoms with Crippen LogP contribution in [0.15, 0.2) is 0 Å². The topological polar surface area (TPSA) is 69.9 Å². The summed E-state index contributed by atoms with van der Waals surface area (Å²) >= 11 is 0. The van der Waals surface area contributed by atoms with Crippen LogP contribution in [-0.4, -0.2) is 79.9 Å². The Morgan fingerprint density at radius 3 is 1.95 bits per heavy atom. The van der Waals surface area contributed by atoms with Crippen molar-refractivity contribution in [2.24, 2.45) is 5.73 Å². The summed E-state index contributed by atoms with van der Waals surface area (Å²) in [6.07, 6.45) is 4.79. The molecule has 21 heavy (non-hydrogen) atoms. The van der Waals surface area contributed by atoms with Gasteiger partial charge in [-0.15, -0.1) is 0 Å². The summed E-state index contributed by atoms with van der Waals surface area (Å²) in [7, 11) is 3.78. The molecule has 0 unspecified atom stereocenters. The molecule has 2 N–H and O–H groups in total. The van der Waals surface area contributed by atoms with Crippen molar-refractivity contribution in [1.82, 2.24) is 14.7 Å². The van der Waals surface area contributed by atoms with Crippen molar-refractivity contribution < 1.29 is 9.59 Å². The Hall–Kier alpha value is -1.14. The van der Waals surface area contributed by atoms with E-state index in [9.17, 15) is 9.59 Å². The molecule has 2 amide bonds. The average Bonchev–Trinajstić information content (AvgIpc) is 2.46. The van der Waals surface area contributed by atoms with Gasteiger partial charge in [-0.2, -0.15) is 0 Å². The van der Waals surface area contributed by atoms with E-state index in [0.29, 0.717) is 39.1 Å². The molecule has 0 aliphatic carbocycles. The molecular formula is C15H30N4O2. The first kappa shape index (κ1) is 17.9. The minimum atomic E-state index is 0.147. The maximum atomic E-state index is 12.1. The number of amides is 2. The summed E-state index contributed by atoms with van der Waals surface area (Å²) in [4.78, 5) is 29.6. The van der Waals surface area contributed by atoms with Crippen LogP contribution in [0.5, 0.6) is 0 Å². The molecule has 1 rings (SSSR count). The normalized spacial score (nSPS) is 15.6. The van der Waals surface area contributed by atoms with Crippen LogP contribution >= 0.6 is 0 Å². The molecule has 122 valence electrons. The van der Waals surface area contributed by atoms with Crippen molar-refractivity contribution >= 4 is 11.8 Å². The Morgan fingerprint density at radius 2 is 1.43 bits per heavy atom. The van der Waals surface area contributed by atoms with Gasteiger partial charge in [-0.25, -0.2) is 0 Å². The third kappa shape index (κ3) is 6.91. The standard InChI is InChI=1S/C15H30N4O2/c1-17(2)13-15(21)19-11-9-18(10-12-19)14(20)7-5-3-4-6-8-16/h3-13,16H2,1-2H3. The van der Waals surface area contributed by atoms with Gasteiger partial charge in [0, 0.05) is 32.6 Å². The molecule has 0 aromatic carbocycles. The largest absolute Gasteiger partial charge is 0.339 e. The zero-order valence-corrected chi connectivity index (χ0v) is 13.5. The molecule has 1 saturated heterocycles. The molecule has 1 fully saturated rings. The molecule has 6 nitrogen and oxygen atoms in total. The first-order chi connectivity index (χ1) is 10.0. The smallest absolute Gasteiger partial charge is 0.236 e. The van der Waals surface area contributed by atoms with Crippen LogP contribution in [0.3, 0.4) is 0 Å². The SMILES string of the molecule is CN(C)CC(=O)N1CCN(C(=O)CCCCCCN)CC1. The molecule has 0 atom stereocenters. The zero-order chi connectivity index (χ0) is 15.7. The number of nitrogens with zero attached hydrogens (tertiary/aromatic N) is 3. The van der Waals surface area contributed by atoms with Gasteiger partial charge in [-0.1, -0.05) is 12.8 Å². The van der Waals surface area contributed by atoms with Gasteiger partial charge in [0.25, 0.3) is 0 Å². The summed E-state index contributed by atoms with van der Waals surface area (Å²) in [5, 5.41) is 0. The van der Waals surface area contributed by atoms with E-state index in [0.717, 1.165) is 32.2 Å². The Labute approximate surface area is 128 Å². The lowest BCUT2D eigenvalue weighted by Gasteiger charge is -2.35. The van der Waals surface area contributed by atoms with E-state index in [1.165, 1.54) is 0 Å². The van der Waals surface area contributed by atoms with E-state index < -0.39 is 0 Å². The molecule has 6 heteroatoms. The number of hydrogen-bond donors (Lipinski definition) is 1. The van der Waals surface area contributed by atoms with E-state index in [4.69, 9.17) is 5.73 Å². The number of likely N-dealkylation sites (N-methyl/N-ethyl adjacent to an activating group) is 1. The summed E-state index contributed by atoms with van der Waals surface area (Å²) < 4.78 is 0. The van der Waals surface area contributed by atoms with Gasteiger partial charge in [-0.05, 0) is 33.5 Å². The molecule has 0 bridgehead atoms. The second-order valence-corrected chi connectivity index (χ2v) is 5.95. The van der Waals surface area contributed by atoms with Gasteiger partial charge >= 0.3 is 0 Å². The number of hydrogen-bond acceptors (Lipinski definition) is 4.